The van der Waals surface area contributed by atoms with Crippen molar-refractivity contribution in [3.8, 4) is 0 Å². The summed E-state index contributed by atoms with van der Waals surface area (Å²) in [6.45, 7) is 11.1. The summed E-state index contributed by atoms with van der Waals surface area (Å²) < 4.78 is 11.2. The summed E-state index contributed by atoms with van der Waals surface area (Å²) in [5.74, 6) is -0.286. The van der Waals surface area contributed by atoms with Crippen molar-refractivity contribution >= 4 is 5.97 Å². The quantitative estimate of drug-likeness (QED) is 0.839. The highest BCUT2D eigenvalue weighted by atomic mass is 16.6. The number of carbonyl (C=O) groups is 1. The van der Waals surface area contributed by atoms with Crippen molar-refractivity contribution in [2.75, 3.05) is 20.3 Å². The van der Waals surface area contributed by atoms with Gasteiger partial charge in [-0.2, -0.15) is 0 Å². The highest BCUT2D eigenvalue weighted by molar-refractivity contribution is 5.75. The van der Waals surface area contributed by atoms with Crippen molar-refractivity contribution in [2.24, 2.45) is 11.8 Å². The number of esters is 1. The predicted molar refractivity (Wildman–Crippen MR) is 93.8 cm³/mol. The Bertz CT molecular complexity index is 551. The maximum absolute atomic E-state index is 12.9. The minimum Gasteiger partial charge on any atom is -0.460 e. The van der Waals surface area contributed by atoms with Crippen LogP contribution in [0.4, 0.5) is 0 Å². The Morgan fingerprint density at radius 3 is 2.67 bits per heavy atom. The van der Waals surface area contributed by atoms with Crippen molar-refractivity contribution < 1.29 is 14.3 Å². The summed E-state index contributed by atoms with van der Waals surface area (Å²) >= 11 is 0. The van der Waals surface area contributed by atoms with E-state index in [4.69, 9.17) is 9.47 Å². The van der Waals surface area contributed by atoms with E-state index in [1.165, 1.54) is 0 Å². The Kier molecular flexibility index (Phi) is 5.66. The second-order valence-electron chi connectivity index (χ2n) is 8.09. The van der Waals surface area contributed by atoms with Crippen LogP contribution in [0.25, 0.3) is 0 Å². The molecule has 0 saturated carbocycles. The van der Waals surface area contributed by atoms with E-state index >= 15 is 0 Å². The largest absolute Gasteiger partial charge is 0.460 e. The molecule has 0 spiro atoms. The number of methoxy groups -OCH3 is 1. The van der Waals surface area contributed by atoms with Crippen LogP contribution in [-0.4, -0.2) is 42.4 Å². The molecule has 134 valence electrons. The van der Waals surface area contributed by atoms with E-state index in [-0.39, 0.29) is 29.3 Å². The predicted octanol–water partition coefficient (Wildman–Crippen LogP) is 2.77. The molecule has 2 rings (SSSR count). The number of nitrogens with one attached hydrogen (secondary N) is 1. The molecule has 1 aromatic heterocycles. The summed E-state index contributed by atoms with van der Waals surface area (Å²) in [5.41, 5.74) is 0.132. The van der Waals surface area contributed by atoms with Crippen LogP contribution in [0.2, 0.25) is 0 Å². The third-order valence-electron chi connectivity index (χ3n) is 4.59. The lowest BCUT2D eigenvalue weighted by Crippen LogP contribution is -2.45. The first-order chi connectivity index (χ1) is 11.2. The van der Waals surface area contributed by atoms with Crippen LogP contribution in [0.15, 0.2) is 24.4 Å². The van der Waals surface area contributed by atoms with E-state index in [9.17, 15) is 4.79 Å². The SMILES string of the molecule is COC[C@H](c1ccccn1)[C@H]1CNC(C)(C)C1C(=O)OC(C)(C)C. The molecule has 0 aliphatic carbocycles. The van der Waals surface area contributed by atoms with Gasteiger partial charge in [-0.15, -0.1) is 0 Å². The number of rotatable bonds is 5. The Morgan fingerprint density at radius 2 is 2.12 bits per heavy atom. The number of ether oxygens (including phenoxy) is 2. The molecule has 3 atom stereocenters. The van der Waals surface area contributed by atoms with Crippen molar-refractivity contribution in [1.29, 1.82) is 0 Å². The average molecular weight is 334 g/mol. The van der Waals surface area contributed by atoms with E-state index in [1.807, 2.05) is 39.0 Å². The van der Waals surface area contributed by atoms with Crippen molar-refractivity contribution in [3.05, 3.63) is 30.1 Å². The van der Waals surface area contributed by atoms with Gasteiger partial charge in [-0.05, 0) is 52.7 Å². The van der Waals surface area contributed by atoms with Gasteiger partial charge in [0.05, 0.1) is 12.5 Å². The number of aromatic nitrogens is 1. The third-order valence-corrected chi connectivity index (χ3v) is 4.59. The highest BCUT2D eigenvalue weighted by Gasteiger charge is 2.51. The van der Waals surface area contributed by atoms with Crippen LogP contribution in [-0.2, 0) is 14.3 Å². The number of pyridine rings is 1. The summed E-state index contributed by atoms with van der Waals surface area (Å²) in [6.07, 6.45) is 1.79. The molecule has 1 aliphatic rings. The van der Waals surface area contributed by atoms with Gasteiger partial charge in [-0.25, -0.2) is 0 Å². The van der Waals surface area contributed by atoms with Crippen LogP contribution >= 0.6 is 0 Å². The Morgan fingerprint density at radius 1 is 1.42 bits per heavy atom. The molecule has 5 nitrogen and oxygen atoms in total. The van der Waals surface area contributed by atoms with Gasteiger partial charge < -0.3 is 14.8 Å². The molecule has 1 aromatic rings. The Labute approximate surface area is 145 Å². The summed E-state index contributed by atoms with van der Waals surface area (Å²) in [5, 5.41) is 3.49. The number of hydrogen-bond donors (Lipinski definition) is 1. The van der Waals surface area contributed by atoms with Crippen LogP contribution in [0.5, 0.6) is 0 Å². The van der Waals surface area contributed by atoms with E-state index in [0.717, 1.165) is 12.2 Å². The molecule has 0 radical (unpaired) electrons. The molecule has 0 amide bonds. The lowest BCUT2D eigenvalue weighted by atomic mass is 9.75. The van der Waals surface area contributed by atoms with E-state index in [0.29, 0.717) is 6.61 Å². The van der Waals surface area contributed by atoms with Gasteiger partial charge in [-0.1, -0.05) is 6.07 Å². The van der Waals surface area contributed by atoms with Crippen molar-refractivity contribution in [2.45, 2.75) is 51.7 Å². The van der Waals surface area contributed by atoms with Crippen LogP contribution in [0.1, 0.15) is 46.2 Å². The van der Waals surface area contributed by atoms with E-state index < -0.39 is 5.60 Å². The molecule has 1 N–H and O–H groups in total. The van der Waals surface area contributed by atoms with Gasteiger partial charge in [0.2, 0.25) is 0 Å². The van der Waals surface area contributed by atoms with Gasteiger partial charge in [0.1, 0.15) is 5.60 Å². The Hall–Kier alpha value is -1.46. The average Bonchev–Trinajstić information content (AvgIpc) is 2.79. The normalized spacial score (nSPS) is 24.6. The maximum Gasteiger partial charge on any atom is 0.311 e. The smallest absolute Gasteiger partial charge is 0.311 e. The first-order valence-corrected chi connectivity index (χ1v) is 8.53. The van der Waals surface area contributed by atoms with E-state index in [2.05, 4.69) is 24.1 Å². The van der Waals surface area contributed by atoms with Gasteiger partial charge in [0, 0.05) is 37.0 Å². The standard InChI is InChI=1S/C19H30N2O3/c1-18(2,3)24-17(22)16-13(11-21-19(16,4)5)14(12-23-6)15-9-7-8-10-20-15/h7-10,13-14,16,21H,11-12H2,1-6H3/t13-,14+,16?/m1/s1. The number of hydrogen-bond acceptors (Lipinski definition) is 5. The zero-order valence-electron chi connectivity index (χ0n) is 15.6. The minimum absolute atomic E-state index is 0.0444. The minimum atomic E-state index is -0.498. The van der Waals surface area contributed by atoms with Crippen LogP contribution < -0.4 is 5.32 Å². The van der Waals surface area contributed by atoms with E-state index in [1.54, 1.807) is 13.3 Å². The molecule has 2 heterocycles. The summed E-state index contributed by atoms with van der Waals surface area (Å²) in [4.78, 5) is 17.4. The van der Waals surface area contributed by atoms with Crippen molar-refractivity contribution in [1.82, 2.24) is 10.3 Å². The lowest BCUT2D eigenvalue weighted by molar-refractivity contribution is -0.163. The monoisotopic (exact) mass is 334 g/mol. The summed E-state index contributed by atoms with van der Waals surface area (Å²) in [6, 6.07) is 5.87. The second-order valence-corrected chi connectivity index (χ2v) is 8.09. The fourth-order valence-electron chi connectivity index (χ4n) is 3.56. The molecule has 1 aliphatic heterocycles. The molecule has 5 heteroatoms. The van der Waals surface area contributed by atoms with Crippen LogP contribution in [0, 0.1) is 11.8 Å². The molecule has 1 saturated heterocycles. The summed E-state index contributed by atoms with van der Waals surface area (Å²) in [7, 11) is 1.69. The molecule has 1 fully saturated rings. The topological polar surface area (TPSA) is 60.5 Å². The first-order valence-electron chi connectivity index (χ1n) is 8.53. The zero-order valence-corrected chi connectivity index (χ0v) is 15.6. The van der Waals surface area contributed by atoms with Gasteiger partial charge in [0.15, 0.2) is 0 Å². The highest BCUT2D eigenvalue weighted by Crippen LogP contribution is 2.41. The number of carbonyl (C=O) groups excluding carboxylic acids is 1. The molecular weight excluding hydrogens is 304 g/mol. The molecule has 24 heavy (non-hydrogen) atoms. The van der Waals surface area contributed by atoms with Gasteiger partial charge in [0.25, 0.3) is 0 Å². The molecule has 1 unspecified atom stereocenters. The Balaban J connectivity index is 2.32. The fourth-order valence-corrected chi connectivity index (χ4v) is 3.56. The lowest BCUT2D eigenvalue weighted by Gasteiger charge is -2.34. The third kappa shape index (κ3) is 4.33. The number of nitrogens with zero attached hydrogens (tertiary/aromatic N) is 1. The van der Waals surface area contributed by atoms with Gasteiger partial charge in [-0.3, -0.25) is 9.78 Å². The zero-order chi connectivity index (χ0) is 18.0. The molecular formula is C19H30N2O3. The maximum atomic E-state index is 12.9. The van der Waals surface area contributed by atoms with Gasteiger partial charge >= 0.3 is 5.97 Å². The molecule has 0 bridgehead atoms. The van der Waals surface area contributed by atoms with Crippen molar-refractivity contribution in [3.63, 3.8) is 0 Å². The second kappa shape index (κ2) is 7.19. The first kappa shape index (κ1) is 18.9. The van der Waals surface area contributed by atoms with Crippen LogP contribution in [0.3, 0.4) is 0 Å². The molecule has 0 aromatic carbocycles. The fraction of sp³-hybridized carbons (Fsp3) is 0.684.